The van der Waals surface area contributed by atoms with Gasteiger partial charge in [-0.3, -0.25) is 0 Å². The van der Waals surface area contributed by atoms with Crippen molar-refractivity contribution in [1.82, 2.24) is 0 Å². The summed E-state index contributed by atoms with van der Waals surface area (Å²) in [6, 6.07) is 6.98. The molecule has 0 bridgehead atoms. The highest BCUT2D eigenvalue weighted by Gasteiger charge is 2.35. The number of hydrogen-bond acceptors (Lipinski definition) is 1. The fourth-order valence-electron chi connectivity index (χ4n) is 1.66. The molecule has 0 aliphatic carbocycles. The fraction of sp³-hybridized carbons (Fsp3) is 0. The Bertz CT molecular complexity index is 685. The second-order valence-corrected chi connectivity index (χ2v) is 6.31. The second kappa shape index (κ2) is 6.64. The minimum Gasteiger partial charge on any atom is -0.418 e. The normalized spacial score (nSPS) is 12.9. The average Bonchev–Trinajstić information content (AvgIpc) is 2.48. The van der Waals surface area contributed by atoms with Gasteiger partial charge in [-0.2, -0.15) is 4.39 Å². The molecule has 23 heavy (non-hydrogen) atoms. The van der Waals surface area contributed by atoms with Crippen LogP contribution in [0.15, 0.2) is 43.8 Å². The molecule has 11 heteroatoms. The molecule has 1 aliphatic heterocycles. The first-order chi connectivity index (χ1) is 10.6. The maximum absolute atomic E-state index is 13.6. The van der Waals surface area contributed by atoms with E-state index in [-0.39, 0.29) is 9.79 Å². The summed E-state index contributed by atoms with van der Waals surface area (Å²) in [5.74, 6) is -6.14. The van der Waals surface area contributed by atoms with Crippen LogP contribution < -0.4 is 0 Å². The van der Waals surface area contributed by atoms with Gasteiger partial charge in [0.15, 0.2) is 16.5 Å². The summed E-state index contributed by atoms with van der Waals surface area (Å²) in [6.07, 6.45) is 0. The fourth-order valence-corrected chi connectivity index (χ4v) is 4.09. The lowest BCUT2D eigenvalue weighted by atomic mass is 10.3. The molecular formula is C12H5BF8S2. The third kappa shape index (κ3) is 4.14. The third-order valence-corrected chi connectivity index (χ3v) is 5.25. The van der Waals surface area contributed by atoms with Crippen LogP contribution in [-0.4, -0.2) is 7.25 Å². The Morgan fingerprint density at radius 1 is 0.783 bits per heavy atom. The van der Waals surface area contributed by atoms with Crippen molar-refractivity contribution in [3.05, 3.63) is 47.5 Å². The zero-order chi connectivity index (χ0) is 17.4. The molecule has 0 aromatic heterocycles. The van der Waals surface area contributed by atoms with Crippen LogP contribution in [-0.2, 0) is 11.8 Å². The summed E-state index contributed by atoms with van der Waals surface area (Å²) in [5.41, 5.74) is 0. The van der Waals surface area contributed by atoms with Crippen LogP contribution in [0.5, 0.6) is 0 Å². The van der Waals surface area contributed by atoms with E-state index in [1.807, 2.05) is 0 Å². The molecule has 2 aromatic rings. The summed E-state index contributed by atoms with van der Waals surface area (Å²) >= 11 is 1.26. The highest BCUT2D eigenvalue weighted by atomic mass is 32.2. The van der Waals surface area contributed by atoms with Gasteiger partial charge in [0.25, 0.3) is 0 Å². The van der Waals surface area contributed by atoms with Crippen molar-refractivity contribution in [3.63, 3.8) is 0 Å². The van der Waals surface area contributed by atoms with E-state index < -0.39 is 30.5 Å². The number of hydrogen-bond donors (Lipinski definition) is 0. The van der Waals surface area contributed by atoms with Crippen LogP contribution in [0.2, 0.25) is 0 Å². The molecule has 1 heterocycles. The number of thiol groups is 1. The van der Waals surface area contributed by atoms with E-state index in [2.05, 4.69) is 0 Å². The summed E-state index contributed by atoms with van der Waals surface area (Å²) in [6.45, 7) is 0. The van der Waals surface area contributed by atoms with Crippen molar-refractivity contribution in [1.29, 1.82) is 0 Å². The van der Waals surface area contributed by atoms with Gasteiger partial charge in [0.1, 0.15) is 4.90 Å². The quantitative estimate of drug-likeness (QED) is 0.129. The lowest BCUT2D eigenvalue weighted by Gasteiger charge is -2.13. The minimum absolute atomic E-state index is 0.143. The molecule has 0 N–H and O–H groups in total. The first kappa shape index (κ1) is 18.0. The van der Waals surface area contributed by atoms with E-state index in [0.717, 1.165) is 21.6 Å². The van der Waals surface area contributed by atoms with Crippen LogP contribution >= 0.6 is 11.8 Å². The maximum Gasteiger partial charge on any atom is 0.673 e. The zero-order valence-electron chi connectivity index (χ0n) is 10.8. The number of benzene rings is 2. The van der Waals surface area contributed by atoms with E-state index in [4.69, 9.17) is 0 Å². The highest BCUT2D eigenvalue weighted by molar-refractivity contribution is 8.00. The van der Waals surface area contributed by atoms with E-state index in [0.29, 0.717) is 11.8 Å². The van der Waals surface area contributed by atoms with Gasteiger partial charge in [0.05, 0.1) is 16.7 Å². The summed E-state index contributed by atoms with van der Waals surface area (Å²) in [4.78, 5) is 1.15. The standard InChI is InChI=1S/C12H4F4S2.BF4/c13-7-8(14)10(16)12-11(9(7)15)17-5-3-1-2-4-6(5)18-12;2-1(3,4)5/h1-4H;/q;-1/p+1. The minimum atomic E-state index is -6.00. The largest absolute Gasteiger partial charge is 0.673 e. The third-order valence-electron chi connectivity index (χ3n) is 2.51. The molecule has 0 amide bonds. The first-order valence-electron chi connectivity index (χ1n) is 5.81. The molecular weight excluding hydrogens is 371 g/mol. The topological polar surface area (TPSA) is 0 Å². The van der Waals surface area contributed by atoms with Crippen LogP contribution in [0.4, 0.5) is 34.8 Å². The van der Waals surface area contributed by atoms with Crippen LogP contribution in [0.25, 0.3) is 0 Å². The maximum atomic E-state index is 13.6. The molecule has 3 rings (SSSR count). The van der Waals surface area contributed by atoms with Crippen LogP contribution in [0, 0.1) is 23.3 Å². The molecule has 1 aliphatic rings. The number of halogens is 8. The molecule has 0 saturated heterocycles. The Balaban J connectivity index is 0.000000338. The molecule has 0 spiro atoms. The Kier molecular flexibility index (Phi) is 5.19. The van der Waals surface area contributed by atoms with Crippen molar-refractivity contribution in [3.8, 4) is 0 Å². The van der Waals surface area contributed by atoms with E-state index in [1.165, 1.54) is 0 Å². The van der Waals surface area contributed by atoms with Gasteiger partial charge < -0.3 is 17.3 Å². The van der Waals surface area contributed by atoms with Crippen molar-refractivity contribution < 1.29 is 34.8 Å². The van der Waals surface area contributed by atoms with Gasteiger partial charge in [-0.15, -0.1) is 0 Å². The number of rotatable bonds is 0. The van der Waals surface area contributed by atoms with Crippen LogP contribution in [0.1, 0.15) is 0 Å². The van der Waals surface area contributed by atoms with Gasteiger partial charge in [-0.25, -0.2) is 13.2 Å². The van der Waals surface area contributed by atoms with Crippen molar-refractivity contribution in [2.75, 3.05) is 0 Å². The predicted octanol–water partition coefficient (Wildman–Crippen LogP) is 5.24. The first-order valence-corrected chi connectivity index (χ1v) is 7.52. The molecule has 2 aromatic carbocycles. The van der Waals surface area contributed by atoms with E-state index in [9.17, 15) is 34.8 Å². The number of fused-ring (bicyclic) bond motifs is 2. The Labute approximate surface area is 133 Å². The molecule has 124 valence electrons. The molecule has 0 atom stereocenters. The smallest absolute Gasteiger partial charge is 0.418 e. The van der Waals surface area contributed by atoms with Crippen molar-refractivity contribution in [2.45, 2.75) is 19.6 Å². The average molecular weight is 376 g/mol. The zero-order valence-corrected chi connectivity index (χ0v) is 12.5. The van der Waals surface area contributed by atoms with Crippen molar-refractivity contribution in [2.24, 2.45) is 0 Å². The monoisotopic (exact) mass is 376 g/mol. The molecule has 0 nitrogen and oxygen atoms in total. The van der Waals surface area contributed by atoms with Crippen LogP contribution in [0.3, 0.4) is 0 Å². The predicted molar refractivity (Wildman–Crippen MR) is 72.3 cm³/mol. The summed E-state index contributed by atoms with van der Waals surface area (Å²) in [5, 5.41) is 0. The second-order valence-electron chi connectivity index (χ2n) is 4.11. The Morgan fingerprint density at radius 3 is 1.91 bits per heavy atom. The Hall–Kier alpha value is -1.36. The highest BCUT2D eigenvalue weighted by Crippen LogP contribution is 2.44. The van der Waals surface area contributed by atoms with Gasteiger partial charge in [-0.05, 0) is 12.1 Å². The summed E-state index contributed by atoms with van der Waals surface area (Å²) in [7, 11) is -6.00. The lowest BCUT2D eigenvalue weighted by molar-refractivity contribution is 0.368. The van der Waals surface area contributed by atoms with E-state index >= 15 is 0 Å². The molecule has 0 unspecified atom stereocenters. The molecule has 0 radical (unpaired) electrons. The summed E-state index contributed by atoms with van der Waals surface area (Å²) < 4.78 is 92.5. The van der Waals surface area contributed by atoms with Gasteiger partial charge in [0.2, 0.25) is 16.5 Å². The van der Waals surface area contributed by atoms with E-state index in [1.54, 1.807) is 24.3 Å². The molecule has 0 fully saturated rings. The lowest BCUT2D eigenvalue weighted by Crippen LogP contribution is -2.08. The van der Waals surface area contributed by atoms with Gasteiger partial charge in [0, 0.05) is 0 Å². The van der Waals surface area contributed by atoms with Crippen molar-refractivity contribution >= 4 is 30.8 Å². The van der Waals surface area contributed by atoms with Gasteiger partial charge in [-0.1, -0.05) is 23.9 Å². The Morgan fingerprint density at radius 2 is 1.30 bits per heavy atom. The SMILES string of the molecule is F[B-](F)(F)F.Fc1c(F)c(F)c2c(c1F)Sc1ccccc1[SH+]2. The molecule has 0 saturated carbocycles. The van der Waals surface area contributed by atoms with Gasteiger partial charge >= 0.3 is 7.25 Å².